The van der Waals surface area contributed by atoms with Crippen LogP contribution in [0.1, 0.15) is 20.8 Å². The smallest absolute Gasteiger partial charge is 0.428 e. The summed E-state index contributed by atoms with van der Waals surface area (Å²) >= 11 is 0. The van der Waals surface area contributed by atoms with Gasteiger partial charge < -0.3 is 9.47 Å². The molecule has 0 aliphatic rings. The number of ether oxygens (including phenoxy) is 2. The van der Waals surface area contributed by atoms with Gasteiger partial charge >= 0.3 is 54.0 Å². The van der Waals surface area contributed by atoms with Crippen molar-refractivity contribution in [2.45, 2.75) is 68.3 Å². The van der Waals surface area contributed by atoms with Crippen molar-refractivity contribution < 1.29 is 94.5 Å². The minimum atomic E-state index is -8.52. The van der Waals surface area contributed by atoms with Crippen molar-refractivity contribution in [2.24, 2.45) is 0 Å². The minimum Gasteiger partial charge on any atom is -0.428 e. The van der Waals surface area contributed by atoms with Gasteiger partial charge in [-0.2, -0.15) is 57.1 Å². The second kappa shape index (κ2) is 9.00. The third kappa shape index (κ3) is 5.31. The third-order valence-corrected chi connectivity index (χ3v) is 3.51. The van der Waals surface area contributed by atoms with Crippen LogP contribution in [0.2, 0.25) is 0 Å². The molecule has 0 amide bonds. The lowest BCUT2D eigenvalue weighted by atomic mass is 9.91. The Balaban J connectivity index is 7.53. The summed E-state index contributed by atoms with van der Waals surface area (Å²) in [4.78, 5) is 23.9. The number of esters is 1. The largest absolute Gasteiger partial charge is 0.516 e. The van der Waals surface area contributed by atoms with Crippen LogP contribution in [0.25, 0.3) is 0 Å². The quantitative estimate of drug-likeness (QED) is 0.133. The number of hydrogen-bond donors (Lipinski definition) is 0. The summed E-state index contributed by atoms with van der Waals surface area (Å²) in [6.45, 7) is 2.43. The molecule has 0 saturated carbocycles. The van der Waals surface area contributed by atoms with E-state index in [2.05, 4.69) is 9.47 Å². The molecule has 0 fully saturated rings. The standard InChI is InChI=1S/C13H9F16NO5/c1-6(2,3)34-5(32)33-4(31)7(14,9(15,16)13(26,27)35-29)30(28)8(10(17,18)19,11(20,21)22)12(23,24)25/h1-3H3/t7-/m1/s1. The summed E-state index contributed by atoms with van der Waals surface area (Å²) in [5, 5.41) is -4.76. The molecule has 0 heterocycles. The molecule has 0 rings (SSSR count). The normalized spacial score (nSPS) is 16.7. The zero-order valence-corrected chi connectivity index (χ0v) is 16.5. The number of halogens is 16. The number of hydrogen-bond acceptors (Lipinski definition) is 6. The van der Waals surface area contributed by atoms with Crippen LogP contribution in [0.4, 0.5) is 75.3 Å². The molecule has 35 heavy (non-hydrogen) atoms. The van der Waals surface area contributed by atoms with Gasteiger partial charge in [0.15, 0.2) is 0 Å². The van der Waals surface area contributed by atoms with E-state index in [0.717, 1.165) is 25.7 Å². The van der Waals surface area contributed by atoms with E-state index >= 15 is 0 Å². The van der Waals surface area contributed by atoms with E-state index in [1.807, 2.05) is 0 Å². The molecule has 0 aromatic heterocycles. The Morgan fingerprint density at radius 1 is 0.686 bits per heavy atom. The highest BCUT2D eigenvalue weighted by molar-refractivity contribution is 5.88. The summed E-state index contributed by atoms with van der Waals surface area (Å²) in [6, 6.07) is 0. The molecule has 0 aromatic rings. The summed E-state index contributed by atoms with van der Waals surface area (Å²) in [7, 11) is 0. The number of nitrogens with zero attached hydrogens (tertiary/aromatic N) is 1. The fraction of sp³-hybridized carbons (Fsp3) is 0.846. The molecule has 0 spiro atoms. The second-order valence-electron chi connectivity index (χ2n) is 7.13. The van der Waals surface area contributed by atoms with Crippen LogP contribution < -0.4 is 0 Å². The molecule has 1 atom stereocenters. The lowest BCUT2D eigenvalue weighted by molar-refractivity contribution is -0.502. The molecule has 0 N–H and O–H groups in total. The topological polar surface area (TPSA) is 65.1 Å². The van der Waals surface area contributed by atoms with Gasteiger partial charge in [-0.3, -0.25) is 0 Å². The monoisotopic (exact) mass is 563 g/mol. The molecule has 6 nitrogen and oxygen atoms in total. The van der Waals surface area contributed by atoms with E-state index in [-0.39, 0.29) is 0 Å². The van der Waals surface area contributed by atoms with Crippen LogP contribution in [0, 0.1) is 0 Å². The molecule has 0 bridgehead atoms. The zero-order valence-electron chi connectivity index (χ0n) is 16.5. The van der Waals surface area contributed by atoms with Gasteiger partial charge in [0.25, 0.3) is 0 Å². The molecule has 0 aliphatic heterocycles. The van der Waals surface area contributed by atoms with Crippen molar-refractivity contribution >= 4 is 12.1 Å². The Hall–Kier alpha value is -2.26. The highest BCUT2D eigenvalue weighted by Crippen LogP contribution is 2.61. The number of carbonyl (C=O) groups excluding carboxylic acids is 2. The first-order valence-electron chi connectivity index (χ1n) is 7.85. The van der Waals surface area contributed by atoms with Crippen LogP contribution in [-0.4, -0.2) is 64.7 Å². The molecule has 0 unspecified atom stereocenters. The lowest BCUT2D eigenvalue weighted by Gasteiger charge is -2.46. The number of carbonyl (C=O) groups is 2. The van der Waals surface area contributed by atoms with E-state index in [1.165, 1.54) is 0 Å². The fourth-order valence-corrected chi connectivity index (χ4v) is 2.03. The van der Waals surface area contributed by atoms with Gasteiger partial charge in [-0.25, -0.2) is 14.0 Å². The Kier molecular flexibility index (Phi) is 8.42. The average Bonchev–Trinajstić information content (AvgIpc) is 2.54. The van der Waals surface area contributed by atoms with Gasteiger partial charge in [-0.15, -0.1) is 9.42 Å². The van der Waals surface area contributed by atoms with Crippen LogP contribution in [0.3, 0.4) is 0 Å². The molecular formula is C13H9F16NO5. The number of alkyl halides is 14. The zero-order chi connectivity index (χ0) is 28.9. The lowest BCUT2D eigenvalue weighted by Crippen LogP contribution is -2.81. The van der Waals surface area contributed by atoms with Gasteiger partial charge in [0.2, 0.25) is 0 Å². The maximum atomic E-state index is 14.8. The predicted octanol–water partition coefficient (Wildman–Crippen LogP) is 5.87. The molecule has 0 aliphatic carbocycles. The Morgan fingerprint density at radius 2 is 1.03 bits per heavy atom. The molecular weight excluding hydrogens is 554 g/mol. The predicted molar refractivity (Wildman–Crippen MR) is 72.1 cm³/mol. The average molecular weight is 563 g/mol. The van der Waals surface area contributed by atoms with Gasteiger partial charge in [0, 0.05) is 0 Å². The Bertz CT molecular complexity index is 762. The van der Waals surface area contributed by atoms with Crippen LogP contribution in [0.5, 0.6) is 0 Å². The van der Waals surface area contributed by atoms with Gasteiger partial charge in [-0.05, 0) is 25.3 Å². The third-order valence-electron chi connectivity index (χ3n) is 3.51. The first kappa shape index (κ1) is 32.7. The van der Waals surface area contributed by atoms with Crippen LogP contribution in [0.15, 0.2) is 0 Å². The molecule has 22 heteroatoms. The van der Waals surface area contributed by atoms with Gasteiger partial charge in [0.05, 0.1) is 0 Å². The van der Waals surface area contributed by atoms with Gasteiger partial charge in [0.1, 0.15) is 5.60 Å². The summed E-state index contributed by atoms with van der Waals surface area (Å²) in [5.74, 6) is -20.6. The van der Waals surface area contributed by atoms with E-state index in [1.54, 1.807) is 0 Å². The van der Waals surface area contributed by atoms with E-state index in [0.29, 0.717) is 0 Å². The summed E-state index contributed by atoms with van der Waals surface area (Å²) in [6.07, 6.45) is -35.3. The van der Waals surface area contributed by atoms with Gasteiger partial charge in [-0.1, -0.05) is 5.12 Å². The fourth-order valence-electron chi connectivity index (χ4n) is 2.03. The van der Waals surface area contributed by atoms with E-state index < -0.39 is 64.7 Å². The molecule has 0 radical (unpaired) electrons. The van der Waals surface area contributed by atoms with E-state index in [9.17, 15) is 80.1 Å². The van der Waals surface area contributed by atoms with Crippen molar-refractivity contribution in [3.63, 3.8) is 0 Å². The minimum absolute atomic E-state index is 0.810. The molecule has 0 saturated heterocycles. The highest BCUT2D eigenvalue weighted by Gasteiger charge is 2.94. The Labute approximate surface area is 181 Å². The number of rotatable bonds is 6. The first-order chi connectivity index (χ1) is 15.0. The van der Waals surface area contributed by atoms with Crippen LogP contribution >= 0.6 is 0 Å². The van der Waals surface area contributed by atoms with Crippen molar-refractivity contribution in [3.8, 4) is 0 Å². The molecule has 208 valence electrons. The van der Waals surface area contributed by atoms with Crippen molar-refractivity contribution in [1.82, 2.24) is 5.12 Å². The SMILES string of the molecule is CC(C)(C)OC(=O)OC(=O)[C@@](F)(N(F)C(C(F)(F)F)(C(F)(F)F)C(F)(F)F)C(F)(F)C(F)(F)OF. The van der Waals surface area contributed by atoms with Crippen molar-refractivity contribution in [3.05, 3.63) is 0 Å². The Morgan fingerprint density at radius 3 is 1.29 bits per heavy atom. The maximum absolute atomic E-state index is 14.8. The highest BCUT2D eigenvalue weighted by atomic mass is 19.4. The molecule has 0 aromatic carbocycles. The summed E-state index contributed by atoms with van der Waals surface area (Å²) < 4.78 is 219. The van der Waals surface area contributed by atoms with Crippen LogP contribution in [-0.2, 0) is 19.2 Å². The van der Waals surface area contributed by atoms with Crippen molar-refractivity contribution in [1.29, 1.82) is 0 Å². The maximum Gasteiger partial charge on any atom is 0.516 e. The summed E-state index contributed by atoms with van der Waals surface area (Å²) in [5.41, 5.74) is -10.5. The van der Waals surface area contributed by atoms with E-state index in [4.69, 9.17) is 0 Å². The first-order valence-corrected chi connectivity index (χ1v) is 7.85. The second-order valence-corrected chi connectivity index (χ2v) is 7.13. The van der Waals surface area contributed by atoms with Crippen molar-refractivity contribution in [2.75, 3.05) is 0 Å².